The second-order valence-corrected chi connectivity index (χ2v) is 8.03. The van der Waals surface area contributed by atoms with Crippen LogP contribution in [0.3, 0.4) is 0 Å². The summed E-state index contributed by atoms with van der Waals surface area (Å²) < 4.78 is 0. The maximum absolute atomic E-state index is 12.8. The Bertz CT molecular complexity index is 1000. The van der Waals surface area contributed by atoms with Crippen LogP contribution in [0.25, 0.3) is 0 Å². The largest absolute Gasteiger partial charge is 0.380 e. The van der Waals surface area contributed by atoms with Gasteiger partial charge in [-0.2, -0.15) is 0 Å². The molecule has 8 heteroatoms. The lowest BCUT2D eigenvalue weighted by Crippen LogP contribution is -2.50. The number of aliphatic hydroxyl groups excluding tert-OH is 2. The molecule has 31 heavy (non-hydrogen) atoms. The fraction of sp³-hybridized carbons (Fsp3) is 0.304. The van der Waals surface area contributed by atoms with E-state index in [1.807, 2.05) is 6.07 Å². The molecule has 2 aromatic carbocycles. The Morgan fingerprint density at radius 3 is 2.55 bits per heavy atom. The van der Waals surface area contributed by atoms with Crippen molar-refractivity contribution >= 4 is 35.0 Å². The van der Waals surface area contributed by atoms with E-state index < -0.39 is 24.0 Å². The predicted octanol–water partition coefficient (Wildman–Crippen LogP) is 2.55. The summed E-state index contributed by atoms with van der Waals surface area (Å²) in [4.78, 5) is 26.4. The van der Waals surface area contributed by atoms with E-state index in [1.165, 1.54) is 4.90 Å². The summed E-state index contributed by atoms with van der Waals surface area (Å²) in [6, 6.07) is 13.8. The van der Waals surface area contributed by atoms with Crippen molar-refractivity contribution in [3.8, 4) is 11.8 Å². The number of nitrogens with zero attached hydrogens (tertiary/aromatic N) is 1. The van der Waals surface area contributed by atoms with Crippen LogP contribution in [0.5, 0.6) is 0 Å². The van der Waals surface area contributed by atoms with Crippen molar-refractivity contribution in [2.45, 2.75) is 31.1 Å². The van der Waals surface area contributed by atoms with Crippen LogP contribution in [-0.2, 0) is 9.59 Å². The molecule has 3 atom stereocenters. The van der Waals surface area contributed by atoms with Gasteiger partial charge in [0, 0.05) is 22.2 Å². The molecule has 162 valence electrons. The molecule has 0 aliphatic carbocycles. The number of carbonyl (C=O) groups is 2. The van der Waals surface area contributed by atoms with Gasteiger partial charge in [-0.1, -0.05) is 47.2 Å². The second-order valence-electron chi connectivity index (χ2n) is 7.16. The van der Waals surface area contributed by atoms with E-state index in [9.17, 15) is 19.8 Å². The normalized spacial score (nSPS) is 17.4. The molecule has 2 amide bonds. The molecule has 1 aliphatic heterocycles. The topological polar surface area (TPSA) is 89.9 Å². The molecular formula is C23H22Cl2N2O4. The molecule has 2 aromatic rings. The van der Waals surface area contributed by atoms with Gasteiger partial charge in [0.05, 0.1) is 12.6 Å². The fourth-order valence-electron chi connectivity index (χ4n) is 3.45. The standard InChI is InChI=1S/C23H22Cl2N2O4/c24-17-10-8-15(9-11-17)4-2-12-26-22(30)20(28)21(29)23(31)27-13-3-7-19(27)16-5-1-6-18(25)14-16/h1,5-6,8-11,14,19-21,28-29H,3,7,12-13H2,(H,26,30)/t19?,20-,21-/m1/s1. The Balaban J connectivity index is 1.57. The van der Waals surface area contributed by atoms with Gasteiger partial charge in [-0.05, 0) is 54.8 Å². The first-order chi connectivity index (χ1) is 14.9. The van der Waals surface area contributed by atoms with Crippen LogP contribution in [0, 0.1) is 11.8 Å². The molecule has 3 rings (SSSR count). The average Bonchev–Trinajstić information content (AvgIpc) is 3.26. The molecule has 0 saturated carbocycles. The third kappa shape index (κ3) is 5.99. The molecule has 1 unspecified atom stereocenters. The van der Waals surface area contributed by atoms with Crippen LogP contribution >= 0.6 is 23.2 Å². The first kappa shape index (κ1) is 23.1. The zero-order valence-electron chi connectivity index (χ0n) is 16.6. The Kier molecular flexibility index (Phi) is 7.94. The number of benzene rings is 2. The maximum Gasteiger partial charge on any atom is 0.255 e. The minimum Gasteiger partial charge on any atom is -0.380 e. The van der Waals surface area contributed by atoms with Crippen LogP contribution in [0.15, 0.2) is 48.5 Å². The zero-order valence-corrected chi connectivity index (χ0v) is 18.1. The molecule has 1 saturated heterocycles. The van der Waals surface area contributed by atoms with Crippen molar-refractivity contribution in [2.24, 2.45) is 0 Å². The number of hydrogen-bond donors (Lipinski definition) is 3. The fourth-order valence-corrected chi connectivity index (χ4v) is 3.78. The minimum atomic E-state index is -1.90. The Morgan fingerprint density at radius 1 is 1.10 bits per heavy atom. The van der Waals surface area contributed by atoms with Crippen LogP contribution < -0.4 is 5.32 Å². The maximum atomic E-state index is 12.8. The number of likely N-dealkylation sites (tertiary alicyclic amines) is 1. The molecule has 0 bridgehead atoms. The van der Waals surface area contributed by atoms with Gasteiger partial charge in [-0.25, -0.2) is 0 Å². The van der Waals surface area contributed by atoms with E-state index in [4.69, 9.17) is 23.2 Å². The summed E-state index contributed by atoms with van der Waals surface area (Å²) in [5.41, 5.74) is 1.57. The number of nitrogens with one attached hydrogen (secondary N) is 1. The summed E-state index contributed by atoms with van der Waals surface area (Å²) in [5, 5.41) is 24.0. The lowest BCUT2D eigenvalue weighted by molar-refractivity contribution is -0.153. The summed E-state index contributed by atoms with van der Waals surface area (Å²) in [7, 11) is 0. The van der Waals surface area contributed by atoms with Gasteiger partial charge in [0.1, 0.15) is 0 Å². The highest BCUT2D eigenvalue weighted by Gasteiger charge is 2.38. The summed E-state index contributed by atoms with van der Waals surface area (Å²) in [5.74, 6) is 4.01. The molecule has 0 radical (unpaired) electrons. The SMILES string of the molecule is O=C(NCC#Cc1ccc(Cl)cc1)[C@H](O)[C@@H](O)C(=O)N1CCCC1c1cccc(Cl)c1. The average molecular weight is 461 g/mol. The summed E-state index contributed by atoms with van der Waals surface area (Å²) in [6.07, 6.45) is -2.31. The Hall–Kier alpha value is -2.56. The van der Waals surface area contributed by atoms with Crippen molar-refractivity contribution < 1.29 is 19.8 Å². The van der Waals surface area contributed by atoms with Crippen molar-refractivity contribution in [1.29, 1.82) is 0 Å². The number of halogens is 2. The number of carbonyl (C=O) groups excluding carboxylic acids is 2. The smallest absolute Gasteiger partial charge is 0.255 e. The molecule has 6 nitrogen and oxygen atoms in total. The first-order valence-electron chi connectivity index (χ1n) is 9.81. The quantitative estimate of drug-likeness (QED) is 0.598. The van der Waals surface area contributed by atoms with Crippen molar-refractivity contribution in [3.63, 3.8) is 0 Å². The molecule has 3 N–H and O–H groups in total. The van der Waals surface area contributed by atoms with Crippen LogP contribution in [-0.4, -0.2) is 52.2 Å². The first-order valence-corrected chi connectivity index (χ1v) is 10.6. The van der Waals surface area contributed by atoms with Crippen molar-refractivity contribution in [3.05, 3.63) is 69.7 Å². The summed E-state index contributed by atoms with van der Waals surface area (Å²) in [6.45, 7) is 0.377. The van der Waals surface area contributed by atoms with Crippen LogP contribution in [0.4, 0.5) is 0 Å². The highest BCUT2D eigenvalue weighted by molar-refractivity contribution is 6.30. The van der Waals surface area contributed by atoms with Gasteiger partial charge in [-0.15, -0.1) is 0 Å². The number of hydrogen-bond acceptors (Lipinski definition) is 4. The molecule has 1 aliphatic rings. The van der Waals surface area contributed by atoms with Crippen molar-refractivity contribution in [2.75, 3.05) is 13.1 Å². The van der Waals surface area contributed by atoms with E-state index in [1.54, 1.807) is 42.5 Å². The lowest BCUT2D eigenvalue weighted by atomic mass is 10.0. The van der Waals surface area contributed by atoms with Gasteiger partial charge in [0.25, 0.3) is 11.8 Å². The van der Waals surface area contributed by atoms with Gasteiger partial charge < -0.3 is 20.4 Å². The lowest BCUT2D eigenvalue weighted by Gasteiger charge is -2.28. The zero-order chi connectivity index (χ0) is 22.4. The van der Waals surface area contributed by atoms with Gasteiger partial charge in [-0.3, -0.25) is 9.59 Å². The molecular weight excluding hydrogens is 439 g/mol. The van der Waals surface area contributed by atoms with E-state index in [2.05, 4.69) is 17.2 Å². The number of amides is 2. The highest BCUT2D eigenvalue weighted by atomic mass is 35.5. The van der Waals surface area contributed by atoms with E-state index in [-0.39, 0.29) is 12.6 Å². The third-order valence-electron chi connectivity index (χ3n) is 5.02. The molecule has 1 fully saturated rings. The van der Waals surface area contributed by atoms with Crippen molar-refractivity contribution in [1.82, 2.24) is 10.2 Å². The van der Waals surface area contributed by atoms with Gasteiger partial charge >= 0.3 is 0 Å². The van der Waals surface area contributed by atoms with E-state index >= 15 is 0 Å². The van der Waals surface area contributed by atoms with Gasteiger partial charge in [0.15, 0.2) is 12.2 Å². The molecule has 1 heterocycles. The molecule has 0 aromatic heterocycles. The van der Waals surface area contributed by atoms with E-state index in [0.717, 1.165) is 17.5 Å². The number of aliphatic hydroxyl groups is 2. The monoisotopic (exact) mass is 460 g/mol. The number of rotatable bonds is 5. The van der Waals surface area contributed by atoms with E-state index in [0.29, 0.717) is 23.0 Å². The third-order valence-corrected chi connectivity index (χ3v) is 5.51. The van der Waals surface area contributed by atoms with Crippen LogP contribution in [0.2, 0.25) is 10.0 Å². The predicted molar refractivity (Wildman–Crippen MR) is 118 cm³/mol. The summed E-state index contributed by atoms with van der Waals surface area (Å²) >= 11 is 11.9. The minimum absolute atomic E-state index is 0.0473. The van der Waals surface area contributed by atoms with Crippen LogP contribution in [0.1, 0.15) is 30.0 Å². The van der Waals surface area contributed by atoms with Gasteiger partial charge in [0.2, 0.25) is 0 Å². The second kappa shape index (κ2) is 10.7. The highest BCUT2D eigenvalue weighted by Crippen LogP contribution is 2.33. The Morgan fingerprint density at radius 2 is 1.84 bits per heavy atom. The molecule has 0 spiro atoms. The Labute approximate surface area is 190 Å².